The monoisotopic (exact) mass is 280 g/mol. The number of nitrogens with one attached hydrogen (secondary N) is 2. The Morgan fingerprint density at radius 3 is 3.00 bits per heavy atom. The lowest BCUT2D eigenvalue weighted by molar-refractivity contribution is -0.385. The molecule has 0 fully saturated rings. The van der Waals surface area contributed by atoms with E-state index in [2.05, 4.69) is 15.3 Å². The minimum Gasteiger partial charge on any atom is -0.367 e. The summed E-state index contributed by atoms with van der Waals surface area (Å²) in [6.45, 7) is 0.293. The molecule has 7 nitrogen and oxygen atoms in total. The average Bonchev–Trinajstić information content (AvgIpc) is 2.89. The van der Waals surface area contributed by atoms with Crippen LogP contribution in [0.25, 0.3) is 0 Å². The SMILES string of the molecule is O=C(NCc1cc[nH]c1)c1cc([N+](=O)[O-])cnc1Cl. The molecule has 0 aromatic carbocycles. The van der Waals surface area contributed by atoms with Crippen LogP contribution in [-0.4, -0.2) is 20.8 Å². The maximum absolute atomic E-state index is 11.9. The summed E-state index contributed by atoms with van der Waals surface area (Å²) in [6.07, 6.45) is 4.46. The highest BCUT2D eigenvalue weighted by molar-refractivity contribution is 6.32. The number of carbonyl (C=O) groups is 1. The molecule has 2 N–H and O–H groups in total. The van der Waals surface area contributed by atoms with Crippen molar-refractivity contribution >= 4 is 23.2 Å². The van der Waals surface area contributed by atoms with E-state index in [1.54, 1.807) is 18.5 Å². The highest BCUT2D eigenvalue weighted by Crippen LogP contribution is 2.19. The number of pyridine rings is 1. The molecule has 0 aliphatic carbocycles. The van der Waals surface area contributed by atoms with Crippen LogP contribution in [0.5, 0.6) is 0 Å². The third-order valence-corrected chi connectivity index (χ3v) is 2.70. The molecule has 2 aromatic rings. The Morgan fingerprint density at radius 2 is 2.37 bits per heavy atom. The Morgan fingerprint density at radius 1 is 1.58 bits per heavy atom. The van der Waals surface area contributed by atoms with Gasteiger partial charge in [-0.25, -0.2) is 4.98 Å². The first kappa shape index (κ1) is 13.0. The van der Waals surface area contributed by atoms with Crippen LogP contribution in [0.3, 0.4) is 0 Å². The van der Waals surface area contributed by atoms with Crippen LogP contribution in [0.2, 0.25) is 5.15 Å². The zero-order valence-electron chi connectivity index (χ0n) is 9.59. The standard InChI is InChI=1S/C11H9ClN4O3/c12-10-9(3-8(6-14-10)16(18)19)11(17)15-5-7-1-2-13-4-7/h1-4,6,13H,5H2,(H,15,17). The average molecular weight is 281 g/mol. The van der Waals surface area contributed by atoms with Gasteiger partial charge in [0.05, 0.1) is 10.5 Å². The summed E-state index contributed by atoms with van der Waals surface area (Å²) in [6, 6.07) is 2.90. The Hall–Kier alpha value is -2.41. The molecule has 0 bridgehead atoms. The third-order valence-electron chi connectivity index (χ3n) is 2.40. The van der Waals surface area contributed by atoms with E-state index in [1.807, 2.05) is 0 Å². The number of halogens is 1. The number of amides is 1. The number of hydrogen-bond acceptors (Lipinski definition) is 4. The summed E-state index contributed by atoms with van der Waals surface area (Å²) in [5, 5.41) is 13.1. The van der Waals surface area contributed by atoms with Crippen LogP contribution in [-0.2, 0) is 6.54 Å². The number of aromatic amines is 1. The minimum atomic E-state index is -0.633. The molecule has 0 unspecified atom stereocenters. The molecule has 0 aliphatic rings. The Bertz CT molecular complexity index is 612. The van der Waals surface area contributed by atoms with Gasteiger partial charge in [-0.2, -0.15) is 0 Å². The predicted molar refractivity (Wildman–Crippen MR) is 67.9 cm³/mol. The van der Waals surface area contributed by atoms with Gasteiger partial charge in [-0.1, -0.05) is 11.6 Å². The van der Waals surface area contributed by atoms with Crippen molar-refractivity contribution in [3.05, 3.63) is 57.1 Å². The van der Waals surface area contributed by atoms with Gasteiger partial charge in [0, 0.05) is 25.0 Å². The zero-order valence-corrected chi connectivity index (χ0v) is 10.3. The molecule has 0 spiro atoms. The predicted octanol–water partition coefficient (Wildman–Crippen LogP) is 1.90. The smallest absolute Gasteiger partial charge is 0.288 e. The van der Waals surface area contributed by atoms with Gasteiger partial charge in [0.25, 0.3) is 11.6 Å². The van der Waals surface area contributed by atoms with Crippen LogP contribution in [0, 0.1) is 10.1 Å². The van der Waals surface area contributed by atoms with Crippen LogP contribution in [0.15, 0.2) is 30.7 Å². The highest BCUT2D eigenvalue weighted by atomic mass is 35.5. The second kappa shape index (κ2) is 5.49. The van der Waals surface area contributed by atoms with Crippen molar-refractivity contribution in [2.24, 2.45) is 0 Å². The molecule has 1 amide bonds. The van der Waals surface area contributed by atoms with Gasteiger partial charge < -0.3 is 10.3 Å². The van der Waals surface area contributed by atoms with Gasteiger partial charge in [0.2, 0.25) is 0 Å². The molecule has 0 aliphatic heterocycles. The third kappa shape index (κ3) is 3.08. The molecule has 0 saturated heterocycles. The molecule has 2 aromatic heterocycles. The number of nitro groups is 1. The van der Waals surface area contributed by atoms with E-state index in [9.17, 15) is 14.9 Å². The Kier molecular flexibility index (Phi) is 3.76. The molecule has 0 atom stereocenters. The molecule has 8 heteroatoms. The van der Waals surface area contributed by atoms with E-state index in [0.717, 1.165) is 17.8 Å². The van der Waals surface area contributed by atoms with Crippen molar-refractivity contribution < 1.29 is 9.72 Å². The van der Waals surface area contributed by atoms with Gasteiger partial charge in [-0.3, -0.25) is 14.9 Å². The first-order valence-corrected chi connectivity index (χ1v) is 5.65. The van der Waals surface area contributed by atoms with E-state index in [-0.39, 0.29) is 16.4 Å². The van der Waals surface area contributed by atoms with Crippen molar-refractivity contribution in [2.75, 3.05) is 0 Å². The maximum atomic E-state index is 11.9. The fraction of sp³-hybridized carbons (Fsp3) is 0.0909. The fourth-order valence-electron chi connectivity index (χ4n) is 1.44. The van der Waals surface area contributed by atoms with Crippen molar-refractivity contribution in [2.45, 2.75) is 6.54 Å². The van der Waals surface area contributed by atoms with Crippen LogP contribution < -0.4 is 5.32 Å². The van der Waals surface area contributed by atoms with Gasteiger partial charge in [0.1, 0.15) is 11.3 Å². The van der Waals surface area contributed by atoms with Crippen LogP contribution in [0.1, 0.15) is 15.9 Å². The molecule has 2 rings (SSSR count). The van der Waals surface area contributed by atoms with Crippen molar-refractivity contribution in [3.63, 3.8) is 0 Å². The first-order chi connectivity index (χ1) is 9.08. The number of aromatic nitrogens is 2. The van der Waals surface area contributed by atoms with Gasteiger partial charge in [-0.15, -0.1) is 0 Å². The highest BCUT2D eigenvalue weighted by Gasteiger charge is 2.16. The minimum absolute atomic E-state index is 0.0218. The molecule has 0 saturated carbocycles. The first-order valence-electron chi connectivity index (χ1n) is 5.27. The summed E-state index contributed by atoms with van der Waals surface area (Å²) < 4.78 is 0. The van der Waals surface area contributed by atoms with Gasteiger partial charge >= 0.3 is 0 Å². The number of hydrogen-bond donors (Lipinski definition) is 2. The molecule has 2 heterocycles. The quantitative estimate of drug-likeness (QED) is 0.507. The van der Waals surface area contributed by atoms with Crippen molar-refractivity contribution in [1.82, 2.24) is 15.3 Å². The van der Waals surface area contributed by atoms with E-state index in [4.69, 9.17) is 11.6 Å². The second-order valence-corrected chi connectivity index (χ2v) is 4.05. The number of rotatable bonds is 4. The summed E-state index contributed by atoms with van der Waals surface area (Å²) in [5.41, 5.74) is 0.574. The lowest BCUT2D eigenvalue weighted by Gasteiger charge is -2.05. The van der Waals surface area contributed by atoms with Crippen LogP contribution in [0.4, 0.5) is 5.69 Å². The number of carbonyl (C=O) groups excluding carboxylic acids is 1. The van der Waals surface area contributed by atoms with E-state index in [1.165, 1.54) is 0 Å². The van der Waals surface area contributed by atoms with Gasteiger partial charge in [0.15, 0.2) is 0 Å². The molecule has 0 radical (unpaired) electrons. The van der Waals surface area contributed by atoms with E-state index < -0.39 is 10.8 Å². The fourth-order valence-corrected chi connectivity index (χ4v) is 1.63. The number of nitrogens with zero attached hydrogens (tertiary/aromatic N) is 2. The Balaban J connectivity index is 2.14. The van der Waals surface area contributed by atoms with E-state index >= 15 is 0 Å². The number of H-pyrrole nitrogens is 1. The normalized spacial score (nSPS) is 10.2. The molecule has 98 valence electrons. The summed E-state index contributed by atoms with van der Waals surface area (Å²) in [7, 11) is 0. The molecular formula is C11H9ClN4O3. The maximum Gasteiger partial charge on any atom is 0.288 e. The lowest BCUT2D eigenvalue weighted by atomic mass is 10.2. The van der Waals surface area contributed by atoms with E-state index in [0.29, 0.717) is 6.54 Å². The van der Waals surface area contributed by atoms with Gasteiger partial charge in [-0.05, 0) is 11.6 Å². The zero-order chi connectivity index (χ0) is 13.8. The largest absolute Gasteiger partial charge is 0.367 e. The lowest BCUT2D eigenvalue weighted by Crippen LogP contribution is -2.23. The van der Waals surface area contributed by atoms with Crippen LogP contribution >= 0.6 is 11.6 Å². The van der Waals surface area contributed by atoms with Crippen molar-refractivity contribution in [1.29, 1.82) is 0 Å². The van der Waals surface area contributed by atoms with Crippen molar-refractivity contribution in [3.8, 4) is 0 Å². The molecular weight excluding hydrogens is 272 g/mol. The summed E-state index contributed by atoms with van der Waals surface area (Å²) in [4.78, 5) is 28.3. The topological polar surface area (TPSA) is 101 Å². The summed E-state index contributed by atoms with van der Waals surface area (Å²) >= 11 is 5.76. The second-order valence-electron chi connectivity index (χ2n) is 3.69. The molecule has 19 heavy (non-hydrogen) atoms. The Labute approximate surface area is 112 Å². The summed E-state index contributed by atoms with van der Waals surface area (Å²) in [5.74, 6) is -0.512.